The van der Waals surface area contributed by atoms with Crippen molar-refractivity contribution in [3.05, 3.63) is 40.1 Å². The van der Waals surface area contributed by atoms with Crippen LogP contribution in [0.1, 0.15) is 5.69 Å². The van der Waals surface area contributed by atoms with E-state index in [0.29, 0.717) is 11.3 Å². The lowest BCUT2D eigenvalue weighted by Gasteiger charge is -2.01. The quantitative estimate of drug-likeness (QED) is 0.667. The molecule has 1 aromatic carbocycles. The van der Waals surface area contributed by atoms with Crippen LogP contribution < -0.4 is 10.5 Å². The molecule has 0 aliphatic carbocycles. The second-order valence-corrected chi connectivity index (χ2v) is 3.65. The van der Waals surface area contributed by atoms with Gasteiger partial charge >= 0.3 is 6.09 Å². The number of carbonyl (C=O) groups is 1. The Balaban J connectivity index is 2.41. The van der Waals surface area contributed by atoms with E-state index in [9.17, 15) is 14.9 Å². The Labute approximate surface area is 106 Å². The molecule has 1 amide bonds. The molecule has 0 fully saturated rings. The number of nitro benzene ring substituents is 1. The topological polar surface area (TPSA) is 121 Å². The van der Waals surface area contributed by atoms with E-state index in [1.54, 1.807) is 6.92 Å². The molecule has 2 N–H and O–H groups in total. The fraction of sp³-hybridized carbons (Fsp3) is 0.0909. The second kappa shape index (κ2) is 4.77. The molecule has 8 heteroatoms. The third-order valence-electron chi connectivity index (χ3n) is 2.35. The zero-order valence-electron chi connectivity index (χ0n) is 9.82. The van der Waals surface area contributed by atoms with Gasteiger partial charge in [-0.05, 0) is 19.1 Å². The summed E-state index contributed by atoms with van der Waals surface area (Å²) in [6.45, 7) is 1.58. The summed E-state index contributed by atoms with van der Waals surface area (Å²) in [5.74, 6) is 0.285. The Morgan fingerprint density at radius 1 is 1.42 bits per heavy atom. The lowest BCUT2D eigenvalue weighted by atomic mass is 10.1. The molecular weight excluding hydrogens is 254 g/mol. The fourth-order valence-corrected chi connectivity index (χ4v) is 1.50. The molecule has 0 atom stereocenters. The monoisotopic (exact) mass is 263 g/mol. The summed E-state index contributed by atoms with van der Waals surface area (Å²) in [6, 6.07) is 5.54. The number of nitrogens with two attached hydrogens (primary N) is 1. The number of aromatic nitrogens is 1. The molecule has 0 unspecified atom stereocenters. The summed E-state index contributed by atoms with van der Waals surface area (Å²) in [4.78, 5) is 20.8. The first kappa shape index (κ1) is 12.6. The zero-order chi connectivity index (χ0) is 14.0. The summed E-state index contributed by atoms with van der Waals surface area (Å²) in [5, 5.41) is 14.2. The number of nitrogens with zero attached hydrogens (tertiary/aromatic N) is 2. The van der Waals surface area contributed by atoms with Gasteiger partial charge in [0.2, 0.25) is 11.5 Å². The predicted molar refractivity (Wildman–Crippen MR) is 63.5 cm³/mol. The number of hydrogen-bond acceptors (Lipinski definition) is 6. The molecule has 0 spiro atoms. The predicted octanol–water partition coefficient (Wildman–Crippen LogP) is 2.02. The van der Waals surface area contributed by atoms with Crippen LogP contribution in [-0.4, -0.2) is 16.2 Å². The Morgan fingerprint density at radius 2 is 2.05 bits per heavy atom. The molecule has 0 bridgehead atoms. The molecule has 19 heavy (non-hydrogen) atoms. The number of nitro groups is 1. The molecule has 1 aromatic heterocycles. The van der Waals surface area contributed by atoms with E-state index in [0.717, 1.165) is 0 Å². The highest BCUT2D eigenvalue weighted by atomic mass is 16.6. The molecule has 8 nitrogen and oxygen atoms in total. The maximum Gasteiger partial charge on any atom is 0.410 e. The van der Waals surface area contributed by atoms with Gasteiger partial charge in [-0.1, -0.05) is 5.16 Å². The van der Waals surface area contributed by atoms with Crippen molar-refractivity contribution in [3.8, 4) is 17.1 Å². The first-order valence-electron chi connectivity index (χ1n) is 5.17. The zero-order valence-corrected chi connectivity index (χ0v) is 9.82. The number of hydrogen-bond donors (Lipinski definition) is 1. The van der Waals surface area contributed by atoms with Crippen molar-refractivity contribution in [2.45, 2.75) is 6.92 Å². The maximum atomic E-state index is 10.8. The van der Waals surface area contributed by atoms with Gasteiger partial charge in [0.1, 0.15) is 5.69 Å². The largest absolute Gasteiger partial charge is 0.410 e. The molecule has 0 aliphatic rings. The summed E-state index contributed by atoms with van der Waals surface area (Å²) in [6.07, 6.45) is -0.991. The average Bonchev–Trinajstić information content (AvgIpc) is 2.71. The van der Waals surface area contributed by atoms with Crippen LogP contribution in [0.25, 0.3) is 11.3 Å². The Bertz CT molecular complexity index is 632. The number of rotatable bonds is 3. The smallest absolute Gasteiger partial charge is 0.404 e. The molecule has 98 valence electrons. The third-order valence-corrected chi connectivity index (χ3v) is 2.35. The third kappa shape index (κ3) is 2.51. The van der Waals surface area contributed by atoms with Crippen molar-refractivity contribution < 1.29 is 19.0 Å². The van der Waals surface area contributed by atoms with Gasteiger partial charge in [-0.15, -0.1) is 0 Å². The molecule has 0 aliphatic heterocycles. The standard InChI is InChI=1S/C11H9N3O5/c1-6-9(18-11(12)15)10(19-13-6)7-2-4-8(5-3-7)14(16)17/h2-5H,1H3,(H2,12,15). The van der Waals surface area contributed by atoms with Crippen LogP contribution in [0.15, 0.2) is 28.8 Å². The summed E-state index contributed by atoms with van der Waals surface area (Å²) in [5.41, 5.74) is 5.73. The molecular formula is C11H9N3O5. The van der Waals surface area contributed by atoms with Crippen molar-refractivity contribution >= 4 is 11.8 Å². The summed E-state index contributed by atoms with van der Waals surface area (Å²) >= 11 is 0. The fourth-order valence-electron chi connectivity index (χ4n) is 1.50. The minimum atomic E-state index is -0.991. The van der Waals surface area contributed by atoms with Gasteiger partial charge in [-0.25, -0.2) is 4.79 Å². The normalized spacial score (nSPS) is 10.2. The van der Waals surface area contributed by atoms with E-state index in [2.05, 4.69) is 5.16 Å². The lowest BCUT2D eigenvalue weighted by Crippen LogP contribution is -2.16. The van der Waals surface area contributed by atoms with Crippen LogP contribution in [0.4, 0.5) is 10.5 Å². The van der Waals surface area contributed by atoms with E-state index < -0.39 is 11.0 Å². The number of ether oxygens (including phenoxy) is 1. The first-order chi connectivity index (χ1) is 8.99. The van der Waals surface area contributed by atoms with Crippen LogP contribution in [0.2, 0.25) is 0 Å². The maximum absolute atomic E-state index is 10.8. The molecule has 0 saturated heterocycles. The van der Waals surface area contributed by atoms with Gasteiger partial charge in [0.05, 0.1) is 4.92 Å². The van der Waals surface area contributed by atoms with Gasteiger partial charge in [0.25, 0.3) is 5.69 Å². The molecule has 1 heterocycles. The van der Waals surface area contributed by atoms with Gasteiger partial charge in [-0.2, -0.15) is 0 Å². The van der Waals surface area contributed by atoms with Gasteiger partial charge < -0.3 is 15.0 Å². The number of aryl methyl sites for hydroxylation is 1. The van der Waals surface area contributed by atoms with Crippen molar-refractivity contribution in [3.63, 3.8) is 0 Å². The van der Waals surface area contributed by atoms with Crippen molar-refractivity contribution in [1.29, 1.82) is 0 Å². The van der Waals surface area contributed by atoms with Crippen LogP contribution in [-0.2, 0) is 0 Å². The van der Waals surface area contributed by atoms with Crippen LogP contribution in [0, 0.1) is 17.0 Å². The number of amides is 1. The highest BCUT2D eigenvalue weighted by molar-refractivity contribution is 5.74. The molecule has 0 radical (unpaired) electrons. The van der Waals surface area contributed by atoms with Crippen molar-refractivity contribution in [2.24, 2.45) is 5.73 Å². The number of carbonyl (C=O) groups excluding carboxylic acids is 1. The van der Waals surface area contributed by atoms with Crippen LogP contribution in [0.3, 0.4) is 0 Å². The highest BCUT2D eigenvalue weighted by Crippen LogP contribution is 2.33. The van der Waals surface area contributed by atoms with Crippen LogP contribution >= 0.6 is 0 Å². The number of non-ortho nitro benzene ring substituents is 1. The summed E-state index contributed by atoms with van der Waals surface area (Å²) < 4.78 is 9.83. The van der Waals surface area contributed by atoms with E-state index in [4.69, 9.17) is 15.0 Å². The Kier molecular flexibility index (Phi) is 3.15. The molecule has 2 rings (SSSR count). The summed E-state index contributed by atoms with van der Waals surface area (Å²) in [7, 11) is 0. The molecule has 2 aromatic rings. The highest BCUT2D eigenvalue weighted by Gasteiger charge is 2.19. The van der Waals surface area contributed by atoms with Crippen molar-refractivity contribution in [2.75, 3.05) is 0 Å². The van der Waals surface area contributed by atoms with Crippen molar-refractivity contribution in [1.82, 2.24) is 5.16 Å². The van der Waals surface area contributed by atoms with Gasteiger partial charge in [-0.3, -0.25) is 10.1 Å². The van der Waals surface area contributed by atoms with Gasteiger partial charge in [0.15, 0.2) is 0 Å². The average molecular weight is 263 g/mol. The van der Waals surface area contributed by atoms with Gasteiger partial charge in [0, 0.05) is 17.7 Å². The Hall–Kier alpha value is -2.90. The van der Waals surface area contributed by atoms with E-state index in [1.165, 1.54) is 24.3 Å². The number of primary amides is 1. The van der Waals surface area contributed by atoms with Crippen LogP contribution in [0.5, 0.6) is 5.75 Å². The SMILES string of the molecule is Cc1noc(-c2ccc([N+](=O)[O-])cc2)c1OC(N)=O. The minimum absolute atomic E-state index is 0.0580. The minimum Gasteiger partial charge on any atom is -0.404 e. The van der Waals surface area contributed by atoms with E-state index in [1.807, 2.05) is 0 Å². The van der Waals surface area contributed by atoms with E-state index >= 15 is 0 Å². The van der Waals surface area contributed by atoms with E-state index in [-0.39, 0.29) is 17.2 Å². The number of benzene rings is 1. The molecule has 0 saturated carbocycles. The lowest BCUT2D eigenvalue weighted by molar-refractivity contribution is -0.384. The second-order valence-electron chi connectivity index (χ2n) is 3.65. The first-order valence-corrected chi connectivity index (χ1v) is 5.17. The Morgan fingerprint density at radius 3 is 2.58 bits per heavy atom.